The van der Waals surface area contributed by atoms with Gasteiger partial charge in [0.2, 0.25) is 5.91 Å². The highest BCUT2D eigenvalue weighted by Crippen LogP contribution is 2.06. The van der Waals surface area contributed by atoms with Crippen LogP contribution in [0, 0.1) is 5.92 Å². The number of alkyl halides is 1. The molecule has 82 valence electrons. The molecular weight excluding hydrogens is 297 g/mol. The fourth-order valence-electron chi connectivity index (χ4n) is 1.07. The maximum atomic E-state index is 11.4. The van der Waals surface area contributed by atoms with Crippen LogP contribution in [0.25, 0.3) is 0 Å². The predicted octanol–water partition coefficient (Wildman–Crippen LogP) is 1.47. The molecule has 0 aromatic carbocycles. The van der Waals surface area contributed by atoms with Gasteiger partial charge in [-0.25, -0.2) is 0 Å². The van der Waals surface area contributed by atoms with E-state index in [1.807, 2.05) is 36.4 Å². The van der Waals surface area contributed by atoms with Crippen molar-refractivity contribution in [2.24, 2.45) is 5.92 Å². The molecule has 0 spiro atoms. The van der Waals surface area contributed by atoms with Gasteiger partial charge in [0, 0.05) is 5.92 Å². The monoisotopic (exact) mass is 313 g/mol. The van der Waals surface area contributed by atoms with Gasteiger partial charge in [0.05, 0.1) is 0 Å². The lowest BCUT2D eigenvalue weighted by molar-refractivity contribution is -0.142. The number of hydrogen-bond acceptors (Lipinski definition) is 3. The van der Waals surface area contributed by atoms with E-state index in [-0.39, 0.29) is 18.4 Å². The molecule has 0 saturated heterocycles. The van der Waals surface area contributed by atoms with E-state index in [1.54, 1.807) is 0 Å². The van der Waals surface area contributed by atoms with Crippen LogP contribution in [0.1, 0.15) is 26.7 Å². The Morgan fingerprint density at radius 3 is 2.36 bits per heavy atom. The molecule has 0 aromatic rings. The van der Waals surface area contributed by atoms with E-state index in [4.69, 9.17) is 0 Å². The highest BCUT2D eigenvalue weighted by molar-refractivity contribution is 14.1. The average molecular weight is 313 g/mol. The van der Waals surface area contributed by atoms with E-state index < -0.39 is 5.97 Å². The molecule has 1 N–H and O–H groups in total. The lowest BCUT2D eigenvalue weighted by Crippen LogP contribution is -2.34. The second-order valence-corrected chi connectivity index (χ2v) is 3.48. The van der Waals surface area contributed by atoms with E-state index in [2.05, 4.69) is 10.1 Å². The first-order valence-electron chi connectivity index (χ1n) is 4.64. The number of hydrogen-bond donors (Lipinski definition) is 1. The van der Waals surface area contributed by atoms with Crippen molar-refractivity contribution in [2.75, 3.05) is 11.2 Å². The molecule has 5 heteroatoms. The molecule has 0 bridgehead atoms. The molecular formula is C9H16INO3. The minimum Gasteiger partial charge on any atom is -0.454 e. The molecule has 0 aliphatic carbocycles. The SMILES string of the molecule is CCC(CC)C(=O)NCC(=O)OCI. The number of halogens is 1. The fraction of sp³-hybridized carbons (Fsp3) is 0.778. The van der Waals surface area contributed by atoms with Gasteiger partial charge < -0.3 is 10.1 Å². The highest BCUT2D eigenvalue weighted by atomic mass is 127. The fourth-order valence-corrected chi connectivity index (χ4v) is 1.42. The summed E-state index contributed by atoms with van der Waals surface area (Å²) in [6, 6.07) is 0. The minimum absolute atomic E-state index is 0.00222. The van der Waals surface area contributed by atoms with Crippen molar-refractivity contribution >= 4 is 34.5 Å². The van der Waals surface area contributed by atoms with Crippen LogP contribution >= 0.6 is 22.6 Å². The van der Waals surface area contributed by atoms with Crippen molar-refractivity contribution in [3.8, 4) is 0 Å². The first kappa shape index (κ1) is 13.7. The Morgan fingerprint density at radius 1 is 1.36 bits per heavy atom. The summed E-state index contributed by atoms with van der Waals surface area (Å²) < 4.78 is 4.99. The molecule has 0 fully saturated rings. The molecule has 0 unspecified atom stereocenters. The van der Waals surface area contributed by atoms with Crippen molar-refractivity contribution in [2.45, 2.75) is 26.7 Å². The number of esters is 1. The Morgan fingerprint density at radius 2 is 1.93 bits per heavy atom. The third kappa shape index (κ3) is 5.41. The second-order valence-electron chi connectivity index (χ2n) is 2.86. The molecule has 0 aliphatic rings. The summed E-state index contributed by atoms with van der Waals surface area (Å²) in [7, 11) is 0. The van der Waals surface area contributed by atoms with Crippen LogP contribution in [0.4, 0.5) is 0 Å². The highest BCUT2D eigenvalue weighted by Gasteiger charge is 2.14. The number of carbonyl (C=O) groups excluding carboxylic acids is 2. The van der Waals surface area contributed by atoms with E-state index in [9.17, 15) is 9.59 Å². The normalized spacial score (nSPS) is 10.0. The van der Waals surface area contributed by atoms with Gasteiger partial charge in [0.25, 0.3) is 0 Å². The Bertz CT molecular complexity index is 192. The Labute approximate surface area is 97.9 Å². The topological polar surface area (TPSA) is 55.4 Å². The quantitative estimate of drug-likeness (QED) is 0.459. The van der Waals surface area contributed by atoms with Crippen LogP contribution in [0.2, 0.25) is 0 Å². The molecule has 14 heavy (non-hydrogen) atoms. The summed E-state index contributed by atoms with van der Waals surface area (Å²) in [6.07, 6.45) is 1.59. The van der Waals surface area contributed by atoms with Gasteiger partial charge in [0.15, 0.2) is 0 Å². The molecule has 0 aromatic heterocycles. The molecule has 0 radical (unpaired) electrons. The van der Waals surface area contributed by atoms with E-state index in [1.165, 1.54) is 0 Å². The standard InChI is InChI=1S/C9H16INO3/c1-3-7(4-2)9(13)11-5-8(12)14-6-10/h7H,3-6H2,1-2H3,(H,11,13). The van der Waals surface area contributed by atoms with Gasteiger partial charge in [-0.05, 0) is 35.4 Å². The number of ether oxygens (including phenoxy) is 1. The van der Waals surface area contributed by atoms with Crippen molar-refractivity contribution in [1.29, 1.82) is 0 Å². The Hall–Kier alpha value is -0.330. The van der Waals surface area contributed by atoms with Crippen LogP contribution < -0.4 is 5.32 Å². The lowest BCUT2D eigenvalue weighted by atomic mass is 10.0. The first-order valence-corrected chi connectivity index (χ1v) is 6.17. The van der Waals surface area contributed by atoms with Crippen LogP contribution in [0.15, 0.2) is 0 Å². The number of carbonyl (C=O) groups is 2. The summed E-state index contributed by atoms with van der Waals surface area (Å²) in [5.74, 6) is -0.457. The Kier molecular flexibility index (Phi) is 7.83. The molecule has 1 amide bonds. The Balaban J connectivity index is 3.77. The summed E-state index contributed by atoms with van der Waals surface area (Å²) >= 11 is 1.93. The average Bonchev–Trinajstić information content (AvgIpc) is 2.17. The maximum absolute atomic E-state index is 11.4. The molecule has 0 heterocycles. The van der Waals surface area contributed by atoms with Gasteiger partial charge in [0.1, 0.15) is 11.2 Å². The van der Waals surface area contributed by atoms with Crippen molar-refractivity contribution in [3.05, 3.63) is 0 Å². The van der Waals surface area contributed by atoms with E-state index in [0.29, 0.717) is 4.61 Å². The first-order chi connectivity index (χ1) is 6.65. The smallest absolute Gasteiger partial charge is 0.326 e. The van der Waals surface area contributed by atoms with Crippen LogP contribution in [-0.4, -0.2) is 23.0 Å². The summed E-state index contributed by atoms with van der Waals surface area (Å²) in [5, 5.41) is 2.55. The van der Waals surface area contributed by atoms with Crippen LogP contribution in [0.3, 0.4) is 0 Å². The summed E-state index contributed by atoms with van der Waals surface area (Å²) in [5.41, 5.74) is 0. The zero-order valence-electron chi connectivity index (χ0n) is 8.51. The van der Waals surface area contributed by atoms with Crippen molar-refractivity contribution in [3.63, 3.8) is 0 Å². The number of nitrogens with one attached hydrogen (secondary N) is 1. The number of rotatable bonds is 6. The third-order valence-corrected chi connectivity index (χ3v) is 2.29. The van der Waals surface area contributed by atoms with Crippen molar-refractivity contribution < 1.29 is 14.3 Å². The largest absolute Gasteiger partial charge is 0.454 e. The summed E-state index contributed by atoms with van der Waals surface area (Å²) in [4.78, 5) is 22.3. The zero-order chi connectivity index (χ0) is 11.0. The van der Waals surface area contributed by atoms with Gasteiger partial charge in [-0.3, -0.25) is 9.59 Å². The van der Waals surface area contributed by atoms with Crippen LogP contribution in [-0.2, 0) is 14.3 Å². The van der Waals surface area contributed by atoms with Gasteiger partial charge in [-0.15, -0.1) is 0 Å². The molecule has 0 saturated carbocycles. The predicted molar refractivity (Wildman–Crippen MR) is 62.1 cm³/mol. The van der Waals surface area contributed by atoms with Gasteiger partial charge in [-0.2, -0.15) is 0 Å². The van der Waals surface area contributed by atoms with E-state index >= 15 is 0 Å². The molecule has 0 rings (SSSR count). The van der Waals surface area contributed by atoms with Gasteiger partial charge in [-0.1, -0.05) is 13.8 Å². The van der Waals surface area contributed by atoms with Gasteiger partial charge >= 0.3 is 5.97 Å². The zero-order valence-corrected chi connectivity index (χ0v) is 10.7. The van der Waals surface area contributed by atoms with Crippen LogP contribution in [0.5, 0.6) is 0 Å². The number of amides is 1. The molecule has 4 nitrogen and oxygen atoms in total. The van der Waals surface area contributed by atoms with Crippen molar-refractivity contribution in [1.82, 2.24) is 5.32 Å². The molecule has 0 atom stereocenters. The summed E-state index contributed by atoms with van der Waals surface area (Å²) in [6.45, 7) is 3.88. The minimum atomic E-state index is -0.390. The maximum Gasteiger partial charge on any atom is 0.326 e. The lowest BCUT2D eigenvalue weighted by Gasteiger charge is -2.11. The third-order valence-electron chi connectivity index (χ3n) is 1.98. The molecule has 0 aliphatic heterocycles. The second kappa shape index (κ2) is 8.02. The van der Waals surface area contributed by atoms with E-state index in [0.717, 1.165) is 12.8 Å².